The zero-order valence-corrected chi connectivity index (χ0v) is 14.8. The highest BCUT2D eigenvalue weighted by Crippen LogP contribution is 2.38. The average Bonchev–Trinajstić information content (AvgIpc) is 3.06. The van der Waals surface area contributed by atoms with Gasteiger partial charge in [-0.1, -0.05) is 46.5 Å². The van der Waals surface area contributed by atoms with Gasteiger partial charge in [-0.3, -0.25) is 0 Å². The van der Waals surface area contributed by atoms with E-state index in [0.29, 0.717) is 5.41 Å². The fourth-order valence-corrected chi connectivity index (χ4v) is 4.52. The molecule has 21 heavy (non-hydrogen) atoms. The van der Waals surface area contributed by atoms with E-state index in [4.69, 9.17) is 0 Å². The molecule has 2 nitrogen and oxygen atoms in total. The normalized spacial score (nSPS) is 25.3. The van der Waals surface area contributed by atoms with Crippen LogP contribution in [0, 0.1) is 11.3 Å². The molecule has 1 unspecified atom stereocenters. The summed E-state index contributed by atoms with van der Waals surface area (Å²) in [6.07, 6.45) is 12.7. The summed E-state index contributed by atoms with van der Waals surface area (Å²) in [6, 6.07) is 0.753. The van der Waals surface area contributed by atoms with E-state index in [9.17, 15) is 0 Å². The van der Waals surface area contributed by atoms with Gasteiger partial charge in [0.1, 0.15) is 0 Å². The van der Waals surface area contributed by atoms with Crippen molar-refractivity contribution in [2.75, 3.05) is 26.2 Å². The summed E-state index contributed by atoms with van der Waals surface area (Å²) in [4.78, 5) is 2.76. The van der Waals surface area contributed by atoms with Gasteiger partial charge in [-0.2, -0.15) is 0 Å². The molecule has 0 aromatic heterocycles. The summed E-state index contributed by atoms with van der Waals surface area (Å²) in [5, 5.41) is 3.87. The number of likely N-dealkylation sites (tertiary alicyclic amines) is 1. The number of hydrogen-bond acceptors (Lipinski definition) is 2. The molecule has 0 bridgehead atoms. The van der Waals surface area contributed by atoms with Gasteiger partial charge in [-0.25, -0.2) is 0 Å². The van der Waals surface area contributed by atoms with Crippen molar-refractivity contribution in [3.63, 3.8) is 0 Å². The SMILES string of the molecule is CCCNC(CN1CCC(CC)(CC)CC1)C1CCCC1. The highest BCUT2D eigenvalue weighted by atomic mass is 15.2. The molecule has 1 heterocycles. The average molecular weight is 295 g/mol. The maximum absolute atomic E-state index is 3.87. The summed E-state index contributed by atoms with van der Waals surface area (Å²) in [5.41, 5.74) is 0.663. The zero-order chi connectivity index (χ0) is 15.1. The lowest BCUT2D eigenvalue weighted by atomic mass is 9.74. The van der Waals surface area contributed by atoms with Gasteiger partial charge in [0.25, 0.3) is 0 Å². The Kier molecular flexibility index (Phi) is 7.01. The first kappa shape index (κ1) is 17.3. The van der Waals surface area contributed by atoms with Gasteiger partial charge < -0.3 is 10.2 Å². The minimum absolute atomic E-state index is 0.663. The van der Waals surface area contributed by atoms with Gasteiger partial charge in [0, 0.05) is 12.6 Å². The van der Waals surface area contributed by atoms with Gasteiger partial charge in [0.15, 0.2) is 0 Å². The largest absolute Gasteiger partial charge is 0.312 e. The van der Waals surface area contributed by atoms with E-state index < -0.39 is 0 Å². The first-order valence-corrected chi connectivity index (χ1v) is 9.68. The lowest BCUT2D eigenvalue weighted by Gasteiger charge is -2.42. The molecule has 0 amide bonds. The minimum atomic E-state index is 0.663. The Morgan fingerprint density at radius 3 is 2.19 bits per heavy atom. The molecule has 2 aliphatic rings. The van der Waals surface area contributed by atoms with Crippen LogP contribution in [0.3, 0.4) is 0 Å². The second-order valence-electron chi connectivity index (χ2n) is 7.61. The quantitative estimate of drug-likeness (QED) is 0.711. The third-order valence-corrected chi connectivity index (χ3v) is 6.50. The summed E-state index contributed by atoms with van der Waals surface area (Å²) in [6.45, 7) is 12.2. The van der Waals surface area contributed by atoms with E-state index in [1.807, 2.05) is 0 Å². The highest BCUT2D eigenvalue weighted by Gasteiger charge is 2.33. The van der Waals surface area contributed by atoms with Crippen LogP contribution in [0.15, 0.2) is 0 Å². The van der Waals surface area contributed by atoms with Crippen LogP contribution in [0.1, 0.15) is 78.6 Å². The van der Waals surface area contributed by atoms with Crippen LogP contribution in [-0.2, 0) is 0 Å². The molecule has 1 saturated heterocycles. The van der Waals surface area contributed by atoms with Gasteiger partial charge in [0.05, 0.1) is 0 Å². The van der Waals surface area contributed by atoms with Crippen LogP contribution in [0.25, 0.3) is 0 Å². The Balaban J connectivity index is 1.83. The molecule has 124 valence electrons. The molecule has 0 aromatic carbocycles. The van der Waals surface area contributed by atoms with Crippen LogP contribution < -0.4 is 5.32 Å². The molecule has 2 rings (SSSR count). The van der Waals surface area contributed by atoms with Crippen molar-refractivity contribution in [1.29, 1.82) is 0 Å². The summed E-state index contributed by atoms with van der Waals surface area (Å²) >= 11 is 0. The van der Waals surface area contributed by atoms with Crippen molar-refractivity contribution >= 4 is 0 Å². The first-order chi connectivity index (χ1) is 10.2. The number of nitrogens with zero attached hydrogens (tertiary/aromatic N) is 1. The van der Waals surface area contributed by atoms with E-state index >= 15 is 0 Å². The Morgan fingerprint density at radius 2 is 1.67 bits per heavy atom. The van der Waals surface area contributed by atoms with Crippen LogP contribution in [-0.4, -0.2) is 37.1 Å². The highest BCUT2D eigenvalue weighted by molar-refractivity contribution is 4.88. The fourth-order valence-electron chi connectivity index (χ4n) is 4.52. The number of hydrogen-bond donors (Lipinski definition) is 1. The van der Waals surface area contributed by atoms with Crippen LogP contribution in [0.2, 0.25) is 0 Å². The Bertz CT molecular complexity index is 269. The van der Waals surface area contributed by atoms with Crippen molar-refractivity contribution in [3.8, 4) is 0 Å². The second-order valence-corrected chi connectivity index (χ2v) is 7.61. The lowest BCUT2D eigenvalue weighted by molar-refractivity contribution is 0.0824. The number of nitrogens with one attached hydrogen (secondary N) is 1. The van der Waals surface area contributed by atoms with Crippen molar-refractivity contribution in [1.82, 2.24) is 10.2 Å². The van der Waals surface area contributed by atoms with Crippen LogP contribution in [0.5, 0.6) is 0 Å². The molecule has 0 aromatic rings. The standard InChI is InChI=1S/C19H38N2/c1-4-13-20-18(17-9-7-8-10-17)16-21-14-11-19(5-2,6-3)12-15-21/h17-18,20H,4-16H2,1-3H3. The van der Waals surface area contributed by atoms with Crippen molar-refractivity contribution in [2.24, 2.45) is 11.3 Å². The molecular formula is C19H38N2. The van der Waals surface area contributed by atoms with Crippen molar-refractivity contribution in [2.45, 2.75) is 84.6 Å². The number of rotatable bonds is 8. The lowest BCUT2D eigenvalue weighted by Crippen LogP contribution is -2.49. The molecule has 0 radical (unpaired) electrons. The van der Waals surface area contributed by atoms with Crippen LogP contribution in [0.4, 0.5) is 0 Å². The van der Waals surface area contributed by atoms with E-state index in [1.54, 1.807) is 0 Å². The molecule has 1 atom stereocenters. The van der Waals surface area contributed by atoms with Gasteiger partial charge in [0.2, 0.25) is 0 Å². The smallest absolute Gasteiger partial charge is 0.0223 e. The van der Waals surface area contributed by atoms with E-state index in [-0.39, 0.29) is 0 Å². The van der Waals surface area contributed by atoms with Crippen molar-refractivity contribution < 1.29 is 0 Å². The topological polar surface area (TPSA) is 15.3 Å². The van der Waals surface area contributed by atoms with Gasteiger partial charge >= 0.3 is 0 Å². The van der Waals surface area contributed by atoms with Gasteiger partial charge in [-0.15, -0.1) is 0 Å². The Labute approximate surface area is 133 Å². The molecule has 1 N–H and O–H groups in total. The fraction of sp³-hybridized carbons (Fsp3) is 1.00. The predicted octanol–water partition coefficient (Wildman–Crippen LogP) is 4.45. The van der Waals surface area contributed by atoms with Gasteiger partial charge in [-0.05, 0) is 63.1 Å². The molecule has 1 aliphatic heterocycles. The third-order valence-electron chi connectivity index (χ3n) is 6.50. The molecule has 2 fully saturated rings. The first-order valence-electron chi connectivity index (χ1n) is 9.68. The zero-order valence-electron chi connectivity index (χ0n) is 14.8. The second kappa shape index (κ2) is 8.53. The molecule has 2 heteroatoms. The molecule has 1 saturated carbocycles. The monoisotopic (exact) mass is 294 g/mol. The van der Waals surface area contributed by atoms with E-state index in [2.05, 4.69) is 31.0 Å². The Hall–Kier alpha value is -0.0800. The Morgan fingerprint density at radius 1 is 1.05 bits per heavy atom. The van der Waals surface area contributed by atoms with Crippen LogP contribution >= 0.6 is 0 Å². The molecule has 1 aliphatic carbocycles. The molecule has 0 spiro atoms. The maximum atomic E-state index is 3.87. The maximum Gasteiger partial charge on any atom is 0.0223 e. The molecular weight excluding hydrogens is 256 g/mol. The minimum Gasteiger partial charge on any atom is -0.312 e. The summed E-state index contributed by atoms with van der Waals surface area (Å²) < 4.78 is 0. The van der Waals surface area contributed by atoms with E-state index in [0.717, 1.165) is 12.0 Å². The summed E-state index contributed by atoms with van der Waals surface area (Å²) in [7, 11) is 0. The predicted molar refractivity (Wildman–Crippen MR) is 92.7 cm³/mol. The summed E-state index contributed by atoms with van der Waals surface area (Å²) in [5.74, 6) is 0.945. The van der Waals surface area contributed by atoms with E-state index in [1.165, 1.54) is 84.0 Å². The third kappa shape index (κ3) is 4.69. The number of piperidine rings is 1. The van der Waals surface area contributed by atoms with Crippen molar-refractivity contribution in [3.05, 3.63) is 0 Å².